The summed E-state index contributed by atoms with van der Waals surface area (Å²) in [5, 5.41) is 5.81. The zero-order valence-corrected chi connectivity index (χ0v) is 15.3. The number of nitrogens with one attached hydrogen (secondary N) is 1. The van der Waals surface area contributed by atoms with E-state index in [1.807, 2.05) is 60.0 Å². The van der Waals surface area contributed by atoms with Crippen molar-refractivity contribution >= 4 is 17.2 Å². The van der Waals surface area contributed by atoms with E-state index in [0.29, 0.717) is 18.7 Å². The summed E-state index contributed by atoms with van der Waals surface area (Å²) in [6.07, 6.45) is 0.678. The average molecular weight is 368 g/mol. The Morgan fingerprint density at radius 1 is 1.12 bits per heavy atom. The molecule has 0 aliphatic rings. The molecule has 1 N–H and O–H groups in total. The number of benzene rings is 2. The molecule has 0 unspecified atom stereocenters. The van der Waals surface area contributed by atoms with Crippen molar-refractivity contribution in [2.75, 3.05) is 20.3 Å². The van der Waals surface area contributed by atoms with E-state index in [-0.39, 0.29) is 12.5 Å². The second-order valence-electron chi connectivity index (χ2n) is 5.58. The van der Waals surface area contributed by atoms with Gasteiger partial charge in [-0.05, 0) is 24.3 Å². The van der Waals surface area contributed by atoms with Crippen LogP contribution in [0.1, 0.15) is 5.69 Å². The Morgan fingerprint density at radius 3 is 2.73 bits per heavy atom. The van der Waals surface area contributed by atoms with Crippen LogP contribution >= 0.6 is 11.3 Å². The lowest BCUT2D eigenvalue weighted by atomic mass is 10.2. The van der Waals surface area contributed by atoms with E-state index in [9.17, 15) is 4.79 Å². The quantitative estimate of drug-likeness (QED) is 0.660. The molecular weight excluding hydrogens is 348 g/mol. The number of carbonyl (C=O) groups is 1. The summed E-state index contributed by atoms with van der Waals surface area (Å²) in [4.78, 5) is 16.5. The Morgan fingerprint density at radius 2 is 1.92 bits per heavy atom. The second-order valence-corrected chi connectivity index (χ2v) is 6.44. The van der Waals surface area contributed by atoms with Crippen molar-refractivity contribution in [1.29, 1.82) is 0 Å². The molecule has 0 saturated heterocycles. The summed E-state index contributed by atoms with van der Waals surface area (Å²) >= 11 is 1.58. The number of rotatable bonds is 8. The van der Waals surface area contributed by atoms with E-state index in [2.05, 4.69) is 10.3 Å². The van der Waals surface area contributed by atoms with Crippen molar-refractivity contribution in [3.63, 3.8) is 0 Å². The van der Waals surface area contributed by atoms with Crippen LogP contribution in [-0.4, -0.2) is 31.2 Å². The van der Waals surface area contributed by atoms with Gasteiger partial charge in [0.1, 0.15) is 16.5 Å². The van der Waals surface area contributed by atoms with Gasteiger partial charge in [0.05, 0.1) is 12.8 Å². The molecule has 6 heteroatoms. The number of para-hydroxylation sites is 1. The number of carbonyl (C=O) groups excluding carboxylic acids is 1. The fraction of sp³-hybridized carbons (Fsp3) is 0.200. The summed E-state index contributed by atoms with van der Waals surface area (Å²) in [6, 6.07) is 17.1. The van der Waals surface area contributed by atoms with E-state index in [1.54, 1.807) is 18.4 Å². The van der Waals surface area contributed by atoms with Crippen molar-refractivity contribution in [3.05, 3.63) is 65.7 Å². The Hall–Kier alpha value is -2.86. The van der Waals surface area contributed by atoms with Crippen LogP contribution in [0.5, 0.6) is 11.5 Å². The van der Waals surface area contributed by atoms with Crippen LogP contribution in [0, 0.1) is 0 Å². The van der Waals surface area contributed by atoms with Gasteiger partial charge in [0.2, 0.25) is 0 Å². The summed E-state index contributed by atoms with van der Waals surface area (Å²) in [5.74, 6) is 1.35. The summed E-state index contributed by atoms with van der Waals surface area (Å²) in [7, 11) is 1.65. The Bertz CT molecular complexity index is 849. The standard InChI is InChI=1S/C20H20N2O3S/c1-24-18-9-5-6-15(12-18)20-22-16(14-26-20)10-11-21-19(23)13-25-17-7-3-2-4-8-17/h2-9,12,14H,10-11,13H2,1H3,(H,21,23). The van der Waals surface area contributed by atoms with Crippen molar-refractivity contribution in [3.8, 4) is 22.1 Å². The van der Waals surface area contributed by atoms with Crippen LogP contribution in [0.25, 0.3) is 10.6 Å². The van der Waals surface area contributed by atoms with Gasteiger partial charge in [-0.25, -0.2) is 4.98 Å². The first-order chi connectivity index (χ1) is 12.7. The number of thiazole rings is 1. The minimum absolute atomic E-state index is 0.0101. The molecule has 0 radical (unpaired) electrons. The van der Waals surface area contributed by atoms with Crippen molar-refractivity contribution in [2.45, 2.75) is 6.42 Å². The largest absolute Gasteiger partial charge is 0.497 e. The number of ether oxygens (including phenoxy) is 2. The highest BCUT2D eigenvalue weighted by Gasteiger charge is 2.07. The number of hydrogen-bond acceptors (Lipinski definition) is 5. The predicted octanol–water partition coefficient (Wildman–Crippen LogP) is 3.56. The van der Waals surface area contributed by atoms with E-state index in [1.165, 1.54) is 0 Å². The highest BCUT2D eigenvalue weighted by molar-refractivity contribution is 7.13. The minimum Gasteiger partial charge on any atom is -0.497 e. The lowest BCUT2D eigenvalue weighted by Gasteiger charge is -2.06. The smallest absolute Gasteiger partial charge is 0.257 e. The first-order valence-corrected chi connectivity index (χ1v) is 9.16. The van der Waals surface area contributed by atoms with Crippen molar-refractivity contribution < 1.29 is 14.3 Å². The van der Waals surface area contributed by atoms with Crippen LogP contribution in [-0.2, 0) is 11.2 Å². The number of nitrogens with zero attached hydrogens (tertiary/aromatic N) is 1. The molecule has 134 valence electrons. The zero-order chi connectivity index (χ0) is 18.2. The summed E-state index contributed by atoms with van der Waals surface area (Å²) in [6.45, 7) is 0.536. The van der Waals surface area contributed by atoms with Crippen LogP contribution in [0.4, 0.5) is 0 Å². The third-order valence-corrected chi connectivity index (χ3v) is 4.63. The minimum atomic E-state index is -0.142. The maximum Gasteiger partial charge on any atom is 0.257 e. The number of hydrogen-bond donors (Lipinski definition) is 1. The van der Waals surface area contributed by atoms with Gasteiger partial charge in [0, 0.05) is 23.9 Å². The maximum atomic E-state index is 11.8. The molecule has 0 aliphatic heterocycles. The van der Waals surface area contributed by atoms with E-state index < -0.39 is 0 Å². The third kappa shape index (κ3) is 5.07. The molecule has 1 amide bonds. The van der Waals surface area contributed by atoms with Crippen LogP contribution in [0.15, 0.2) is 60.0 Å². The Labute approximate surface area is 156 Å². The molecule has 26 heavy (non-hydrogen) atoms. The number of methoxy groups -OCH3 is 1. The molecule has 0 bridgehead atoms. The highest BCUT2D eigenvalue weighted by atomic mass is 32.1. The van der Waals surface area contributed by atoms with E-state index in [0.717, 1.165) is 22.0 Å². The normalized spacial score (nSPS) is 10.3. The molecule has 0 saturated carbocycles. The van der Waals surface area contributed by atoms with Gasteiger partial charge in [-0.1, -0.05) is 30.3 Å². The topological polar surface area (TPSA) is 60.5 Å². The van der Waals surface area contributed by atoms with Gasteiger partial charge in [-0.15, -0.1) is 11.3 Å². The molecule has 3 rings (SSSR count). The average Bonchev–Trinajstić information content (AvgIpc) is 3.16. The SMILES string of the molecule is COc1cccc(-c2nc(CCNC(=O)COc3ccccc3)cs2)c1. The number of aromatic nitrogens is 1. The van der Waals surface area contributed by atoms with Gasteiger partial charge in [-0.2, -0.15) is 0 Å². The van der Waals surface area contributed by atoms with Crippen molar-refractivity contribution in [2.24, 2.45) is 0 Å². The van der Waals surface area contributed by atoms with Gasteiger partial charge >= 0.3 is 0 Å². The van der Waals surface area contributed by atoms with Crippen LogP contribution in [0.3, 0.4) is 0 Å². The zero-order valence-electron chi connectivity index (χ0n) is 14.5. The number of amides is 1. The van der Waals surface area contributed by atoms with Crippen LogP contribution in [0.2, 0.25) is 0 Å². The monoisotopic (exact) mass is 368 g/mol. The van der Waals surface area contributed by atoms with E-state index in [4.69, 9.17) is 9.47 Å². The fourth-order valence-corrected chi connectivity index (χ4v) is 3.21. The maximum absolute atomic E-state index is 11.8. The van der Waals surface area contributed by atoms with Gasteiger partial charge in [0.25, 0.3) is 5.91 Å². The summed E-state index contributed by atoms with van der Waals surface area (Å²) < 4.78 is 10.7. The molecule has 0 aliphatic carbocycles. The predicted molar refractivity (Wildman–Crippen MR) is 103 cm³/mol. The molecule has 2 aromatic carbocycles. The summed E-state index contributed by atoms with van der Waals surface area (Å²) in [5.41, 5.74) is 1.98. The first kappa shape index (κ1) is 17.9. The van der Waals surface area contributed by atoms with Gasteiger partial charge in [-0.3, -0.25) is 4.79 Å². The molecule has 1 heterocycles. The van der Waals surface area contributed by atoms with Crippen molar-refractivity contribution in [1.82, 2.24) is 10.3 Å². The molecule has 1 aromatic heterocycles. The van der Waals surface area contributed by atoms with E-state index >= 15 is 0 Å². The molecule has 5 nitrogen and oxygen atoms in total. The lowest BCUT2D eigenvalue weighted by molar-refractivity contribution is -0.123. The fourth-order valence-electron chi connectivity index (χ4n) is 2.36. The van der Waals surface area contributed by atoms with Gasteiger partial charge < -0.3 is 14.8 Å². The third-order valence-electron chi connectivity index (χ3n) is 3.68. The lowest BCUT2D eigenvalue weighted by Crippen LogP contribution is -2.30. The van der Waals surface area contributed by atoms with Crippen LogP contribution < -0.4 is 14.8 Å². The highest BCUT2D eigenvalue weighted by Crippen LogP contribution is 2.26. The Balaban J connectivity index is 1.45. The molecule has 3 aromatic rings. The van der Waals surface area contributed by atoms with Gasteiger partial charge in [0.15, 0.2) is 6.61 Å². The molecule has 0 spiro atoms. The molecule has 0 fully saturated rings. The Kier molecular flexibility index (Phi) is 6.22. The first-order valence-electron chi connectivity index (χ1n) is 8.28. The molecule has 0 atom stereocenters. The molecular formula is C20H20N2O3S. The second kappa shape index (κ2) is 9.01.